The van der Waals surface area contributed by atoms with Crippen molar-refractivity contribution in [2.75, 3.05) is 0 Å². The van der Waals surface area contributed by atoms with Crippen LogP contribution in [0.25, 0.3) is 11.1 Å². The minimum Gasteiger partial charge on any atom is -0.441 e. The third kappa shape index (κ3) is 2.62. The topological polar surface area (TPSA) is 101 Å². The van der Waals surface area contributed by atoms with E-state index in [4.69, 9.17) is 4.42 Å². The Labute approximate surface area is 119 Å². The first kappa shape index (κ1) is 13.3. The third-order valence-electron chi connectivity index (χ3n) is 3.30. The van der Waals surface area contributed by atoms with Crippen LogP contribution in [0.4, 0.5) is 0 Å². The maximum absolute atomic E-state index is 12.2. The van der Waals surface area contributed by atoms with Crippen molar-refractivity contribution in [1.29, 1.82) is 0 Å². The minimum atomic E-state index is -0.690. The first-order valence-corrected chi connectivity index (χ1v) is 6.55. The van der Waals surface area contributed by atoms with Crippen LogP contribution >= 0.6 is 0 Å². The molecular formula is C14H13N3O4. The summed E-state index contributed by atoms with van der Waals surface area (Å²) in [6, 6.07) is 4.18. The molecule has 2 aromatic rings. The van der Waals surface area contributed by atoms with Gasteiger partial charge < -0.3 is 9.73 Å². The Bertz CT molecular complexity index is 750. The lowest BCUT2D eigenvalue weighted by molar-refractivity contribution is -0.134. The molecule has 1 aliphatic rings. The standard InChI is InChI=1S/C14H13N3O4/c1-7-15-10-6-8(2-4-11(10)21-7)13(19)16-9-3-5-12(18)17-14(9)20/h2,4,6,9H,3,5H2,1H3,(H,16,19)(H,17,18,20). The van der Waals surface area contributed by atoms with Gasteiger partial charge in [0, 0.05) is 18.9 Å². The number of oxazole rings is 1. The van der Waals surface area contributed by atoms with Crippen molar-refractivity contribution in [2.45, 2.75) is 25.8 Å². The van der Waals surface area contributed by atoms with Gasteiger partial charge in [0.15, 0.2) is 11.5 Å². The van der Waals surface area contributed by atoms with E-state index in [0.29, 0.717) is 29.0 Å². The second kappa shape index (κ2) is 5.01. The highest BCUT2D eigenvalue weighted by Crippen LogP contribution is 2.17. The molecule has 0 aliphatic carbocycles. The number of carbonyl (C=O) groups is 3. The molecular weight excluding hydrogens is 274 g/mol. The van der Waals surface area contributed by atoms with E-state index in [1.165, 1.54) is 0 Å². The van der Waals surface area contributed by atoms with E-state index in [-0.39, 0.29) is 18.2 Å². The lowest BCUT2D eigenvalue weighted by Gasteiger charge is -2.21. The van der Waals surface area contributed by atoms with Crippen molar-refractivity contribution in [3.63, 3.8) is 0 Å². The molecule has 3 amide bonds. The third-order valence-corrected chi connectivity index (χ3v) is 3.30. The molecule has 7 nitrogen and oxygen atoms in total. The number of hydrogen-bond donors (Lipinski definition) is 2. The number of piperidine rings is 1. The summed E-state index contributed by atoms with van der Waals surface area (Å²) in [5.41, 5.74) is 1.58. The number of imide groups is 1. The first-order chi connectivity index (χ1) is 10.0. The van der Waals surface area contributed by atoms with Crippen LogP contribution in [-0.4, -0.2) is 28.7 Å². The summed E-state index contributed by atoms with van der Waals surface area (Å²) < 4.78 is 5.34. The predicted octanol–water partition coefficient (Wildman–Crippen LogP) is 0.671. The number of amides is 3. The molecule has 0 spiro atoms. The molecule has 2 heterocycles. The van der Waals surface area contributed by atoms with Gasteiger partial charge in [-0.25, -0.2) is 4.98 Å². The Kier molecular flexibility index (Phi) is 3.17. The normalized spacial score (nSPS) is 18.6. The molecule has 0 radical (unpaired) electrons. The fourth-order valence-corrected chi connectivity index (χ4v) is 2.26. The molecule has 1 saturated heterocycles. The Balaban J connectivity index is 1.77. The lowest BCUT2D eigenvalue weighted by Crippen LogP contribution is -2.52. The van der Waals surface area contributed by atoms with Crippen LogP contribution in [0.3, 0.4) is 0 Å². The van der Waals surface area contributed by atoms with E-state index in [2.05, 4.69) is 15.6 Å². The number of benzene rings is 1. The zero-order valence-corrected chi connectivity index (χ0v) is 11.3. The van der Waals surface area contributed by atoms with E-state index in [1.807, 2.05) is 0 Å². The van der Waals surface area contributed by atoms with E-state index < -0.39 is 11.9 Å². The second-order valence-corrected chi connectivity index (χ2v) is 4.89. The molecule has 1 unspecified atom stereocenters. The van der Waals surface area contributed by atoms with Crippen molar-refractivity contribution in [3.05, 3.63) is 29.7 Å². The second-order valence-electron chi connectivity index (χ2n) is 4.89. The van der Waals surface area contributed by atoms with Crippen LogP contribution in [0.5, 0.6) is 0 Å². The number of aromatic nitrogens is 1. The number of nitrogens with one attached hydrogen (secondary N) is 2. The number of aryl methyl sites for hydroxylation is 1. The number of nitrogens with zero attached hydrogens (tertiary/aromatic N) is 1. The maximum atomic E-state index is 12.2. The Morgan fingerprint density at radius 3 is 3.00 bits per heavy atom. The molecule has 2 N–H and O–H groups in total. The quantitative estimate of drug-likeness (QED) is 0.791. The zero-order chi connectivity index (χ0) is 15.0. The lowest BCUT2D eigenvalue weighted by atomic mass is 10.1. The van der Waals surface area contributed by atoms with Crippen LogP contribution in [0.2, 0.25) is 0 Å². The number of rotatable bonds is 2. The van der Waals surface area contributed by atoms with Gasteiger partial charge in [0.25, 0.3) is 5.91 Å². The monoisotopic (exact) mass is 287 g/mol. The summed E-state index contributed by atoms with van der Waals surface area (Å²) in [4.78, 5) is 39.0. The number of fused-ring (bicyclic) bond motifs is 1. The van der Waals surface area contributed by atoms with Crippen LogP contribution in [0.15, 0.2) is 22.6 Å². The van der Waals surface area contributed by atoms with Gasteiger partial charge in [-0.05, 0) is 24.6 Å². The van der Waals surface area contributed by atoms with Gasteiger partial charge in [0.05, 0.1) is 0 Å². The van der Waals surface area contributed by atoms with Gasteiger partial charge in [-0.15, -0.1) is 0 Å². The summed E-state index contributed by atoms with van der Waals surface area (Å²) in [5, 5.41) is 4.81. The molecule has 1 aromatic carbocycles. The Morgan fingerprint density at radius 2 is 2.24 bits per heavy atom. The number of hydrogen-bond acceptors (Lipinski definition) is 5. The highest BCUT2D eigenvalue weighted by Gasteiger charge is 2.28. The highest BCUT2D eigenvalue weighted by atomic mass is 16.3. The van der Waals surface area contributed by atoms with Crippen LogP contribution < -0.4 is 10.6 Å². The van der Waals surface area contributed by atoms with E-state index in [0.717, 1.165) is 0 Å². The van der Waals surface area contributed by atoms with Crippen molar-refractivity contribution in [3.8, 4) is 0 Å². The summed E-state index contributed by atoms with van der Waals surface area (Å²) in [6.45, 7) is 1.73. The van der Waals surface area contributed by atoms with Gasteiger partial charge in [-0.1, -0.05) is 0 Å². The Hall–Kier alpha value is -2.70. The summed E-state index contributed by atoms with van der Waals surface area (Å²) in [6.07, 6.45) is 0.528. The minimum absolute atomic E-state index is 0.220. The predicted molar refractivity (Wildman–Crippen MR) is 72.4 cm³/mol. The van der Waals surface area contributed by atoms with Crippen molar-refractivity contribution in [1.82, 2.24) is 15.6 Å². The SMILES string of the molecule is Cc1nc2cc(C(=O)NC3CCC(=O)NC3=O)ccc2o1. The van der Waals surface area contributed by atoms with Gasteiger partial charge in [-0.3, -0.25) is 19.7 Å². The van der Waals surface area contributed by atoms with Crippen molar-refractivity contribution in [2.24, 2.45) is 0 Å². The zero-order valence-electron chi connectivity index (χ0n) is 11.3. The summed E-state index contributed by atoms with van der Waals surface area (Å²) in [7, 11) is 0. The smallest absolute Gasteiger partial charge is 0.252 e. The molecule has 0 bridgehead atoms. The Morgan fingerprint density at radius 1 is 1.43 bits per heavy atom. The largest absolute Gasteiger partial charge is 0.441 e. The number of carbonyl (C=O) groups excluding carboxylic acids is 3. The van der Waals surface area contributed by atoms with Gasteiger partial charge in [-0.2, -0.15) is 0 Å². The average Bonchev–Trinajstić information content (AvgIpc) is 2.80. The van der Waals surface area contributed by atoms with E-state index in [1.54, 1.807) is 25.1 Å². The van der Waals surface area contributed by atoms with Crippen LogP contribution in [-0.2, 0) is 9.59 Å². The van der Waals surface area contributed by atoms with Crippen LogP contribution in [0, 0.1) is 6.92 Å². The molecule has 7 heteroatoms. The fourth-order valence-electron chi connectivity index (χ4n) is 2.26. The molecule has 0 saturated carbocycles. The van der Waals surface area contributed by atoms with Gasteiger partial charge in [0.2, 0.25) is 11.8 Å². The molecule has 3 rings (SSSR count). The molecule has 1 fully saturated rings. The molecule has 108 valence electrons. The van der Waals surface area contributed by atoms with Crippen molar-refractivity contribution >= 4 is 28.8 Å². The maximum Gasteiger partial charge on any atom is 0.252 e. The highest BCUT2D eigenvalue weighted by molar-refractivity contribution is 6.04. The average molecular weight is 287 g/mol. The van der Waals surface area contributed by atoms with Gasteiger partial charge in [0.1, 0.15) is 11.6 Å². The summed E-state index contributed by atoms with van der Waals surface area (Å²) >= 11 is 0. The molecule has 1 aromatic heterocycles. The van der Waals surface area contributed by atoms with Crippen molar-refractivity contribution < 1.29 is 18.8 Å². The molecule has 1 aliphatic heterocycles. The first-order valence-electron chi connectivity index (χ1n) is 6.55. The van der Waals surface area contributed by atoms with E-state index >= 15 is 0 Å². The van der Waals surface area contributed by atoms with Crippen LogP contribution in [0.1, 0.15) is 29.1 Å². The summed E-state index contributed by atoms with van der Waals surface area (Å²) in [5.74, 6) is -0.650. The molecule has 21 heavy (non-hydrogen) atoms. The van der Waals surface area contributed by atoms with E-state index in [9.17, 15) is 14.4 Å². The van der Waals surface area contributed by atoms with Gasteiger partial charge >= 0.3 is 0 Å². The molecule has 1 atom stereocenters. The fraction of sp³-hybridized carbons (Fsp3) is 0.286.